The summed E-state index contributed by atoms with van der Waals surface area (Å²) in [4.78, 5) is 53.5. The summed E-state index contributed by atoms with van der Waals surface area (Å²) in [5, 5.41) is 5.95. The van der Waals surface area contributed by atoms with Crippen molar-refractivity contribution in [3.05, 3.63) is 81.5 Å². The summed E-state index contributed by atoms with van der Waals surface area (Å²) >= 11 is 8.67. The van der Waals surface area contributed by atoms with E-state index in [0.717, 1.165) is 80.0 Å². The minimum atomic E-state index is -0.316. The standard InChI is InChI=1S/C22H23ClN2O3S.C22H22N2O3S/c1-28-22(27)17-11-16-21(29-17)19(13-7-3-2-4-8-13)20(25-16)14-9-5-6-10-15(14)24-18(26)12-23;1-27-22(26)17-11-16-21(28-17)19(13-7-3-2-4-8-13)20-14-9-5-6-10-15(14)23-18(25)12-24(16)20/h5-6,9-11,13,25H,2-4,7-8,12H2,1H3,(H,24,26);5-6,9-11,13H,2-4,7-8,12H2,1H3,(H,23,25). The third-order valence-electron chi connectivity index (χ3n) is 11.4. The number of ether oxygens (including phenoxy) is 2. The Morgan fingerprint density at radius 1 is 0.789 bits per heavy atom. The number of amides is 2. The van der Waals surface area contributed by atoms with Crippen molar-refractivity contribution in [2.45, 2.75) is 82.6 Å². The topological polar surface area (TPSA) is 132 Å². The number of hydrogen-bond donors (Lipinski definition) is 3. The number of anilines is 2. The van der Waals surface area contributed by atoms with Gasteiger partial charge in [0.2, 0.25) is 11.8 Å². The Labute approximate surface area is 343 Å². The number of carbonyl (C=O) groups excluding carboxylic acids is 4. The summed E-state index contributed by atoms with van der Waals surface area (Å²) in [5.74, 6) is -0.115. The number of nitrogens with zero attached hydrogens (tertiary/aromatic N) is 1. The number of thiophene rings is 2. The molecule has 2 aliphatic carbocycles. The van der Waals surface area contributed by atoms with Gasteiger partial charge in [-0.1, -0.05) is 74.9 Å². The second-order valence-corrected chi connectivity index (χ2v) is 17.3. The number of nitrogens with one attached hydrogen (secondary N) is 3. The van der Waals surface area contributed by atoms with Gasteiger partial charge in [0.1, 0.15) is 22.2 Å². The fourth-order valence-electron chi connectivity index (χ4n) is 8.89. The monoisotopic (exact) mass is 824 g/mol. The molecule has 0 bridgehead atoms. The number of carbonyl (C=O) groups is 4. The van der Waals surface area contributed by atoms with E-state index in [1.807, 2.05) is 54.6 Å². The van der Waals surface area contributed by atoms with Crippen LogP contribution >= 0.6 is 34.3 Å². The van der Waals surface area contributed by atoms with Crippen LogP contribution in [0.1, 0.15) is 107 Å². The molecule has 296 valence electrons. The van der Waals surface area contributed by atoms with Gasteiger partial charge in [0.05, 0.1) is 57.4 Å². The number of fused-ring (bicyclic) bond motifs is 6. The largest absolute Gasteiger partial charge is 0.465 e. The van der Waals surface area contributed by atoms with E-state index in [1.165, 1.54) is 86.5 Å². The van der Waals surface area contributed by atoms with Gasteiger partial charge in [0, 0.05) is 11.1 Å². The third kappa shape index (κ3) is 7.62. The minimum absolute atomic E-state index is 0.0379. The molecule has 3 aliphatic rings. The molecule has 6 aromatic rings. The normalized spacial score (nSPS) is 15.9. The highest BCUT2D eigenvalue weighted by atomic mass is 35.5. The maximum atomic E-state index is 12.6. The van der Waals surface area contributed by atoms with E-state index in [4.69, 9.17) is 21.1 Å². The molecule has 0 radical (unpaired) electrons. The summed E-state index contributed by atoms with van der Waals surface area (Å²) in [5.41, 5.74) is 10.2. The van der Waals surface area contributed by atoms with E-state index in [1.54, 1.807) is 0 Å². The first kappa shape index (κ1) is 38.9. The number of hydrogen-bond acceptors (Lipinski definition) is 8. The Bertz CT molecular complexity index is 2480. The molecule has 2 amide bonds. The van der Waals surface area contributed by atoms with Crippen molar-refractivity contribution in [2.75, 3.05) is 30.7 Å². The van der Waals surface area contributed by atoms with Crippen LogP contribution in [0.3, 0.4) is 0 Å². The van der Waals surface area contributed by atoms with Gasteiger partial charge >= 0.3 is 11.9 Å². The highest BCUT2D eigenvalue weighted by Gasteiger charge is 2.32. The predicted molar refractivity (Wildman–Crippen MR) is 229 cm³/mol. The van der Waals surface area contributed by atoms with Crippen molar-refractivity contribution >= 4 is 89.8 Å². The molecular formula is C44H45ClN4O6S2. The Morgan fingerprint density at radius 2 is 1.39 bits per heavy atom. The molecule has 0 unspecified atom stereocenters. The molecule has 0 spiro atoms. The van der Waals surface area contributed by atoms with Crippen LogP contribution in [-0.4, -0.2) is 53.4 Å². The summed E-state index contributed by atoms with van der Waals surface area (Å²) in [6, 6.07) is 19.5. The average molecular weight is 825 g/mol. The van der Waals surface area contributed by atoms with Crippen LogP contribution in [0, 0.1) is 0 Å². The Balaban J connectivity index is 0.000000160. The maximum absolute atomic E-state index is 12.6. The molecule has 0 atom stereocenters. The molecular weight excluding hydrogens is 780 g/mol. The van der Waals surface area contributed by atoms with Crippen LogP contribution in [0.15, 0.2) is 60.7 Å². The average Bonchev–Trinajstić information content (AvgIpc) is 3.99. The van der Waals surface area contributed by atoms with Crippen molar-refractivity contribution in [3.8, 4) is 22.5 Å². The molecule has 0 saturated heterocycles. The van der Waals surface area contributed by atoms with Crippen molar-refractivity contribution in [1.82, 2.24) is 9.55 Å². The molecule has 5 heterocycles. The SMILES string of the molecule is COC(=O)c1cc2[nH]c(-c3ccccc3NC(=O)CCl)c(C3CCCCC3)c2s1.COC(=O)c1cc2c(s1)c(C1CCCCC1)c1n2CC(=O)Nc2ccccc2-1. The fraction of sp³-hybridized carbons (Fsp3) is 0.364. The quantitative estimate of drug-likeness (QED) is 0.108. The van der Waals surface area contributed by atoms with Gasteiger partial charge in [-0.25, -0.2) is 9.59 Å². The van der Waals surface area contributed by atoms with Crippen LogP contribution < -0.4 is 10.6 Å². The number of H-pyrrole nitrogens is 1. The third-order valence-corrected chi connectivity index (χ3v) is 14.0. The molecule has 10 nitrogen and oxygen atoms in total. The fourth-order valence-corrected chi connectivity index (χ4v) is 11.3. The van der Waals surface area contributed by atoms with E-state index in [-0.39, 0.29) is 36.2 Å². The van der Waals surface area contributed by atoms with Gasteiger partial charge in [0.25, 0.3) is 0 Å². The van der Waals surface area contributed by atoms with E-state index in [0.29, 0.717) is 21.6 Å². The molecule has 9 rings (SSSR count). The first-order valence-electron chi connectivity index (χ1n) is 19.6. The van der Waals surface area contributed by atoms with Crippen molar-refractivity contribution < 1.29 is 28.7 Å². The minimum Gasteiger partial charge on any atom is -0.465 e. The lowest BCUT2D eigenvalue weighted by Crippen LogP contribution is -2.16. The number of methoxy groups -OCH3 is 2. The molecule has 2 aromatic carbocycles. The summed E-state index contributed by atoms with van der Waals surface area (Å²) < 4.78 is 14.2. The summed E-state index contributed by atoms with van der Waals surface area (Å²) in [6.45, 7) is 0.255. The molecule has 1 aliphatic heterocycles. The second kappa shape index (κ2) is 16.9. The molecule has 13 heteroatoms. The molecule has 4 aromatic heterocycles. The first-order valence-corrected chi connectivity index (χ1v) is 21.8. The molecule has 57 heavy (non-hydrogen) atoms. The van der Waals surface area contributed by atoms with Gasteiger partial charge in [-0.05, 0) is 72.9 Å². The Kier molecular flexibility index (Phi) is 11.5. The van der Waals surface area contributed by atoms with E-state index in [2.05, 4.69) is 26.3 Å². The lowest BCUT2D eigenvalue weighted by Gasteiger charge is -2.23. The number of esters is 2. The number of aromatic nitrogens is 2. The maximum Gasteiger partial charge on any atom is 0.348 e. The van der Waals surface area contributed by atoms with Crippen LogP contribution in [0.25, 0.3) is 42.9 Å². The van der Waals surface area contributed by atoms with Crippen LogP contribution in [0.4, 0.5) is 11.4 Å². The predicted octanol–water partition coefficient (Wildman–Crippen LogP) is 11.1. The molecule has 2 fully saturated rings. The van der Waals surface area contributed by atoms with E-state index >= 15 is 0 Å². The van der Waals surface area contributed by atoms with Crippen LogP contribution in [0.2, 0.25) is 0 Å². The molecule has 2 saturated carbocycles. The van der Waals surface area contributed by atoms with Crippen molar-refractivity contribution in [2.24, 2.45) is 0 Å². The van der Waals surface area contributed by atoms with Crippen molar-refractivity contribution in [1.29, 1.82) is 0 Å². The van der Waals surface area contributed by atoms with Gasteiger partial charge in [0.15, 0.2) is 0 Å². The number of para-hydroxylation sites is 2. The van der Waals surface area contributed by atoms with E-state index in [9.17, 15) is 19.2 Å². The summed E-state index contributed by atoms with van der Waals surface area (Å²) in [7, 11) is 2.81. The smallest absolute Gasteiger partial charge is 0.348 e. The highest BCUT2D eigenvalue weighted by Crippen LogP contribution is 2.49. The number of rotatable bonds is 7. The van der Waals surface area contributed by atoms with Crippen LogP contribution in [-0.2, 0) is 25.6 Å². The van der Waals surface area contributed by atoms with E-state index < -0.39 is 0 Å². The Hall–Kier alpha value is -4.91. The van der Waals surface area contributed by atoms with Gasteiger partial charge in [-0.15, -0.1) is 34.3 Å². The zero-order valence-electron chi connectivity index (χ0n) is 32.0. The lowest BCUT2D eigenvalue weighted by atomic mass is 9.83. The highest BCUT2D eigenvalue weighted by molar-refractivity contribution is 7.21. The first-order chi connectivity index (χ1) is 27.8. The van der Waals surface area contributed by atoms with Crippen LogP contribution in [0.5, 0.6) is 0 Å². The second-order valence-electron chi connectivity index (χ2n) is 14.9. The number of halogens is 1. The number of benzene rings is 2. The van der Waals surface area contributed by atoms with Crippen molar-refractivity contribution in [3.63, 3.8) is 0 Å². The number of alkyl halides is 1. The van der Waals surface area contributed by atoms with Gasteiger partial charge < -0.3 is 29.7 Å². The zero-order chi connectivity index (χ0) is 39.6. The Morgan fingerprint density at radius 3 is 2.05 bits per heavy atom. The molecule has 3 N–H and O–H groups in total. The lowest BCUT2D eigenvalue weighted by molar-refractivity contribution is -0.116. The summed E-state index contributed by atoms with van der Waals surface area (Å²) in [6.07, 6.45) is 12.0. The number of aromatic amines is 1. The van der Waals surface area contributed by atoms with Gasteiger partial charge in [-0.2, -0.15) is 0 Å². The van der Waals surface area contributed by atoms with Gasteiger partial charge in [-0.3, -0.25) is 9.59 Å². The zero-order valence-corrected chi connectivity index (χ0v) is 34.4.